The van der Waals surface area contributed by atoms with E-state index in [1.54, 1.807) is 0 Å². The Bertz CT molecular complexity index is 721. The summed E-state index contributed by atoms with van der Waals surface area (Å²) in [6.07, 6.45) is 3.83. The third-order valence-corrected chi connectivity index (χ3v) is 4.69. The van der Waals surface area contributed by atoms with Gasteiger partial charge in [-0.05, 0) is 29.2 Å². The highest BCUT2D eigenvalue weighted by atomic mass is 16.4. The Morgan fingerprint density at radius 3 is 2.48 bits per heavy atom. The molecule has 2 aromatic carbocycles. The van der Waals surface area contributed by atoms with Crippen molar-refractivity contribution in [2.45, 2.75) is 52.0 Å². The first-order valence-corrected chi connectivity index (χ1v) is 9.06. The number of unbranched alkanes of at least 4 members (excludes halogenated alkanes) is 1. The van der Waals surface area contributed by atoms with Crippen molar-refractivity contribution in [2.24, 2.45) is 5.92 Å². The Kier molecular flexibility index (Phi) is 6.99. The van der Waals surface area contributed by atoms with Gasteiger partial charge in [-0.15, -0.1) is 0 Å². The molecule has 1 amide bonds. The zero-order valence-electron chi connectivity index (χ0n) is 15.0. The van der Waals surface area contributed by atoms with Crippen LogP contribution in [0.1, 0.15) is 45.1 Å². The summed E-state index contributed by atoms with van der Waals surface area (Å²) in [5, 5.41) is 14.4. The molecule has 0 bridgehead atoms. The fourth-order valence-corrected chi connectivity index (χ4v) is 3.15. The van der Waals surface area contributed by atoms with Crippen molar-refractivity contribution < 1.29 is 14.7 Å². The minimum Gasteiger partial charge on any atom is -0.480 e. The summed E-state index contributed by atoms with van der Waals surface area (Å²) in [5.41, 5.74) is 0.937. The van der Waals surface area contributed by atoms with E-state index in [1.807, 2.05) is 49.4 Å². The van der Waals surface area contributed by atoms with Crippen LogP contribution < -0.4 is 5.32 Å². The first kappa shape index (κ1) is 19.0. The standard InChI is InChI=1S/C21H27NO3/c1-3-5-9-15(4-2)20(23)22-19(21(24)25)14-17-12-8-11-16-10-6-7-13-18(16)17/h6-8,10-13,15,19H,3-5,9,14H2,1-2H3,(H,22,23)(H,24,25)/t15?,19-/m0/s1. The van der Waals surface area contributed by atoms with Gasteiger partial charge < -0.3 is 10.4 Å². The number of aliphatic carboxylic acids is 1. The van der Waals surface area contributed by atoms with E-state index in [2.05, 4.69) is 12.2 Å². The van der Waals surface area contributed by atoms with Gasteiger partial charge in [-0.25, -0.2) is 4.79 Å². The number of rotatable bonds is 9. The Morgan fingerprint density at radius 1 is 1.08 bits per heavy atom. The molecule has 134 valence electrons. The van der Waals surface area contributed by atoms with Crippen molar-refractivity contribution in [1.29, 1.82) is 0 Å². The number of carbonyl (C=O) groups excluding carboxylic acids is 1. The van der Waals surface area contributed by atoms with Gasteiger partial charge in [-0.1, -0.05) is 69.2 Å². The van der Waals surface area contributed by atoms with E-state index in [9.17, 15) is 14.7 Å². The number of hydrogen-bond acceptors (Lipinski definition) is 2. The van der Waals surface area contributed by atoms with Crippen molar-refractivity contribution in [1.82, 2.24) is 5.32 Å². The number of amides is 1. The number of nitrogens with one attached hydrogen (secondary N) is 1. The van der Waals surface area contributed by atoms with Crippen LogP contribution in [0.3, 0.4) is 0 Å². The number of hydrogen-bond donors (Lipinski definition) is 2. The van der Waals surface area contributed by atoms with Gasteiger partial charge in [-0.2, -0.15) is 0 Å². The predicted molar refractivity (Wildman–Crippen MR) is 101 cm³/mol. The molecular formula is C21H27NO3. The lowest BCUT2D eigenvalue weighted by atomic mass is 9.96. The smallest absolute Gasteiger partial charge is 0.326 e. The highest BCUT2D eigenvalue weighted by Crippen LogP contribution is 2.20. The van der Waals surface area contributed by atoms with E-state index in [0.29, 0.717) is 0 Å². The maximum atomic E-state index is 12.5. The van der Waals surface area contributed by atoms with Crippen LogP contribution in [-0.2, 0) is 16.0 Å². The number of carboxylic acids is 1. The lowest BCUT2D eigenvalue weighted by molar-refractivity contribution is -0.142. The second-order valence-electron chi connectivity index (χ2n) is 6.49. The second kappa shape index (κ2) is 9.21. The molecule has 25 heavy (non-hydrogen) atoms. The van der Waals surface area contributed by atoms with E-state index in [-0.39, 0.29) is 18.2 Å². The van der Waals surface area contributed by atoms with Gasteiger partial charge in [0.05, 0.1) is 0 Å². The van der Waals surface area contributed by atoms with Crippen LogP contribution in [0.25, 0.3) is 10.8 Å². The first-order valence-electron chi connectivity index (χ1n) is 9.06. The van der Waals surface area contributed by atoms with Crippen molar-refractivity contribution in [3.8, 4) is 0 Å². The Hall–Kier alpha value is -2.36. The maximum absolute atomic E-state index is 12.5. The average Bonchev–Trinajstić information content (AvgIpc) is 2.62. The highest BCUT2D eigenvalue weighted by molar-refractivity contribution is 5.88. The quantitative estimate of drug-likeness (QED) is 0.719. The zero-order valence-corrected chi connectivity index (χ0v) is 15.0. The molecule has 2 aromatic rings. The van der Waals surface area contributed by atoms with E-state index < -0.39 is 12.0 Å². The first-order chi connectivity index (χ1) is 12.1. The summed E-state index contributed by atoms with van der Waals surface area (Å²) in [6.45, 7) is 4.06. The molecule has 0 spiro atoms. The lowest BCUT2D eigenvalue weighted by Crippen LogP contribution is -2.44. The Balaban J connectivity index is 2.15. The summed E-state index contributed by atoms with van der Waals surface area (Å²) in [4.78, 5) is 24.2. The Morgan fingerprint density at radius 2 is 1.80 bits per heavy atom. The molecule has 2 rings (SSSR count). The molecule has 4 nitrogen and oxygen atoms in total. The molecule has 0 saturated carbocycles. The normalized spacial score (nSPS) is 13.4. The maximum Gasteiger partial charge on any atom is 0.326 e. The minimum absolute atomic E-state index is 0.116. The number of benzene rings is 2. The summed E-state index contributed by atoms with van der Waals surface area (Å²) in [6, 6.07) is 12.8. The molecule has 0 radical (unpaired) electrons. The van der Waals surface area contributed by atoms with Crippen LogP contribution in [0.4, 0.5) is 0 Å². The third kappa shape index (κ3) is 5.05. The molecule has 0 aliphatic rings. The van der Waals surface area contributed by atoms with E-state index in [0.717, 1.165) is 42.0 Å². The molecule has 0 aromatic heterocycles. The van der Waals surface area contributed by atoms with Gasteiger partial charge in [0.1, 0.15) is 6.04 Å². The SMILES string of the molecule is CCCCC(CC)C(=O)N[C@@H](Cc1cccc2ccccc12)C(=O)O. The topological polar surface area (TPSA) is 66.4 Å². The molecule has 2 N–H and O–H groups in total. The van der Waals surface area contributed by atoms with Crippen molar-refractivity contribution in [3.63, 3.8) is 0 Å². The van der Waals surface area contributed by atoms with E-state index >= 15 is 0 Å². The molecule has 0 aliphatic heterocycles. The summed E-state index contributed by atoms with van der Waals surface area (Å²) >= 11 is 0. The fourth-order valence-electron chi connectivity index (χ4n) is 3.15. The molecule has 0 saturated heterocycles. The van der Waals surface area contributed by atoms with Gasteiger partial charge in [-0.3, -0.25) is 4.79 Å². The summed E-state index contributed by atoms with van der Waals surface area (Å²) in [5.74, 6) is -1.26. The summed E-state index contributed by atoms with van der Waals surface area (Å²) < 4.78 is 0. The largest absolute Gasteiger partial charge is 0.480 e. The van der Waals surface area contributed by atoms with Crippen molar-refractivity contribution in [2.75, 3.05) is 0 Å². The molecule has 0 fully saturated rings. The number of fused-ring (bicyclic) bond motifs is 1. The van der Waals surface area contributed by atoms with Crippen molar-refractivity contribution >= 4 is 22.6 Å². The van der Waals surface area contributed by atoms with Crippen LogP contribution >= 0.6 is 0 Å². The van der Waals surface area contributed by atoms with Gasteiger partial charge in [0.25, 0.3) is 0 Å². The average molecular weight is 341 g/mol. The molecular weight excluding hydrogens is 314 g/mol. The molecule has 1 unspecified atom stereocenters. The second-order valence-corrected chi connectivity index (χ2v) is 6.49. The van der Waals surface area contributed by atoms with Gasteiger partial charge in [0.15, 0.2) is 0 Å². The highest BCUT2D eigenvalue weighted by Gasteiger charge is 2.24. The monoisotopic (exact) mass is 341 g/mol. The van der Waals surface area contributed by atoms with Crippen LogP contribution in [0.5, 0.6) is 0 Å². The van der Waals surface area contributed by atoms with Crippen LogP contribution in [0.2, 0.25) is 0 Å². The molecule has 0 heterocycles. The molecule has 4 heteroatoms. The molecule has 2 atom stereocenters. The zero-order chi connectivity index (χ0) is 18.2. The number of carbonyl (C=O) groups is 2. The Labute approximate surface area is 149 Å². The van der Waals surface area contributed by atoms with Crippen LogP contribution in [0.15, 0.2) is 42.5 Å². The van der Waals surface area contributed by atoms with Gasteiger partial charge >= 0.3 is 5.97 Å². The fraction of sp³-hybridized carbons (Fsp3) is 0.429. The van der Waals surface area contributed by atoms with Gasteiger partial charge in [0, 0.05) is 12.3 Å². The van der Waals surface area contributed by atoms with E-state index in [1.165, 1.54) is 0 Å². The third-order valence-electron chi connectivity index (χ3n) is 4.69. The van der Waals surface area contributed by atoms with E-state index in [4.69, 9.17) is 0 Å². The number of carboxylic acid groups (broad SMARTS) is 1. The molecule has 0 aliphatic carbocycles. The summed E-state index contributed by atoms with van der Waals surface area (Å²) in [7, 11) is 0. The van der Waals surface area contributed by atoms with Crippen LogP contribution in [0, 0.1) is 5.92 Å². The lowest BCUT2D eigenvalue weighted by Gasteiger charge is -2.20. The predicted octanol–water partition coefficient (Wildman–Crippen LogP) is 4.17. The van der Waals surface area contributed by atoms with Crippen molar-refractivity contribution in [3.05, 3.63) is 48.0 Å². The van der Waals surface area contributed by atoms with Gasteiger partial charge in [0.2, 0.25) is 5.91 Å². The van der Waals surface area contributed by atoms with Crippen LogP contribution in [-0.4, -0.2) is 23.0 Å². The minimum atomic E-state index is -0.994.